The van der Waals surface area contributed by atoms with Crippen LogP contribution in [0.3, 0.4) is 0 Å². The summed E-state index contributed by atoms with van der Waals surface area (Å²) in [5.41, 5.74) is 1.02. The van der Waals surface area contributed by atoms with Gasteiger partial charge in [-0.15, -0.1) is 0 Å². The third-order valence-corrected chi connectivity index (χ3v) is 8.61. The largest absolute Gasteiger partial charge is 0.493 e. The highest BCUT2D eigenvalue weighted by Gasteiger charge is 2.52. The fourth-order valence-corrected chi connectivity index (χ4v) is 7.02. The van der Waals surface area contributed by atoms with Crippen molar-refractivity contribution in [3.8, 4) is 11.5 Å². The Hall–Kier alpha value is -2.12. The molecule has 0 aromatic heterocycles. The summed E-state index contributed by atoms with van der Waals surface area (Å²) in [7, 11) is -0.686. The van der Waals surface area contributed by atoms with E-state index in [0.717, 1.165) is 0 Å². The van der Waals surface area contributed by atoms with Gasteiger partial charge in [0.15, 0.2) is 27.1 Å². The van der Waals surface area contributed by atoms with Gasteiger partial charge < -0.3 is 9.47 Å². The number of carbonyl (C=O) groups is 1. The molecule has 3 atom stereocenters. The van der Waals surface area contributed by atoms with Crippen LogP contribution in [-0.4, -0.2) is 38.0 Å². The molecule has 2 bridgehead atoms. The first kappa shape index (κ1) is 19.2. The monoisotopic (exact) mass is 462 g/mol. The normalized spacial score (nSPS) is 25.9. The van der Waals surface area contributed by atoms with Crippen molar-refractivity contribution in [2.75, 3.05) is 14.2 Å². The van der Waals surface area contributed by atoms with Crippen LogP contribution in [0, 0.1) is 0 Å². The van der Waals surface area contributed by atoms with Crippen LogP contribution in [0.5, 0.6) is 11.5 Å². The number of halogens is 1. The van der Waals surface area contributed by atoms with Crippen LogP contribution in [-0.2, 0) is 9.84 Å². The van der Waals surface area contributed by atoms with Crippen molar-refractivity contribution in [2.24, 2.45) is 0 Å². The molecule has 146 valence electrons. The molecule has 0 radical (unpaired) electrons. The highest BCUT2D eigenvalue weighted by Crippen LogP contribution is 2.52. The van der Waals surface area contributed by atoms with Gasteiger partial charge in [-0.1, -0.05) is 46.3 Å². The quantitative estimate of drug-likeness (QED) is 0.508. The van der Waals surface area contributed by atoms with Crippen molar-refractivity contribution in [2.45, 2.75) is 26.8 Å². The van der Waals surface area contributed by atoms with Crippen molar-refractivity contribution in [3.05, 3.63) is 65.7 Å². The molecule has 28 heavy (non-hydrogen) atoms. The number of fused-ring (bicyclic) bond motifs is 1. The summed E-state index contributed by atoms with van der Waals surface area (Å²) in [6, 6.07) is 11.7. The number of hydrogen-bond donors (Lipinski definition) is 0. The lowest BCUT2D eigenvalue weighted by Gasteiger charge is -2.32. The summed E-state index contributed by atoms with van der Waals surface area (Å²) in [6.45, 7) is 0. The first-order valence-electron chi connectivity index (χ1n) is 8.80. The third-order valence-electron chi connectivity index (χ3n) is 5.48. The molecule has 0 fully saturated rings. The van der Waals surface area contributed by atoms with Crippen molar-refractivity contribution in [1.82, 2.24) is 0 Å². The van der Waals surface area contributed by atoms with Gasteiger partial charge in [-0.25, -0.2) is 8.42 Å². The summed E-state index contributed by atoms with van der Waals surface area (Å²) in [6.07, 6.45) is 3.71. The van der Waals surface area contributed by atoms with Crippen molar-refractivity contribution in [1.29, 1.82) is 0 Å². The predicted octanol–water partition coefficient (Wildman–Crippen LogP) is 3.92. The molecule has 0 aliphatic heterocycles. The highest BCUT2D eigenvalue weighted by atomic mass is 79.9. The number of alkyl halides is 1. The minimum absolute atomic E-state index is 0.143. The van der Waals surface area contributed by atoms with Crippen LogP contribution in [0.25, 0.3) is 0 Å². The zero-order valence-corrected chi connectivity index (χ0v) is 17.8. The Morgan fingerprint density at radius 3 is 2.43 bits per heavy atom. The maximum Gasteiger partial charge on any atom is 0.183 e. The number of ether oxygens (including phenoxy) is 2. The van der Waals surface area contributed by atoms with E-state index in [0.29, 0.717) is 22.6 Å². The van der Waals surface area contributed by atoms with Gasteiger partial charge in [0.25, 0.3) is 0 Å². The minimum Gasteiger partial charge on any atom is -0.493 e. The Balaban J connectivity index is 1.98. The van der Waals surface area contributed by atoms with Gasteiger partial charge in [-0.05, 0) is 30.7 Å². The summed E-state index contributed by atoms with van der Waals surface area (Å²) in [4.78, 5) is 13.5. The standard InChI is InChI=1S/C21H19BrO5S/c1-26-16-9-8-15-18(19(16)27-2)14-10-11-21(22,20(15)23)12-17(14)28(24,25)13-6-4-3-5-7-13/h3-11,14,17H,12H2,1-2H3. The zero-order chi connectivity index (χ0) is 20.1. The zero-order valence-electron chi connectivity index (χ0n) is 15.4. The smallest absolute Gasteiger partial charge is 0.183 e. The van der Waals surface area contributed by atoms with E-state index in [9.17, 15) is 13.2 Å². The molecular weight excluding hydrogens is 444 g/mol. The van der Waals surface area contributed by atoms with Gasteiger partial charge in [-0.3, -0.25) is 4.79 Å². The Morgan fingerprint density at radius 2 is 1.79 bits per heavy atom. The van der Waals surface area contributed by atoms with Gasteiger partial charge in [0.1, 0.15) is 4.32 Å². The number of methoxy groups -OCH3 is 2. The lowest BCUT2D eigenvalue weighted by molar-refractivity contribution is 0.0963. The van der Waals surface area contributed by atoms with Crippen LogP contribution < -0.4 is 9.47 Å². The fraction of sp³-hybridized carbons (Fsp3) is 0.286. The number of hydrogen-bond acceptors (Lipinski definition) is 5. The molecule has 3 unspecified atom stereocenters. The molecule has 0 amide bonds. The molecule has 0 spiro atoms. The number of allylic oxidation sites excluding steroid dienone is 2. The van der Waals surface area contributed by atoms with Gasteiger partial charge in [0, 0.05) is 17.0 Å². The van der Waals surface area contributed by atoms with Crippen LogP contribution in [0.15, 0.2) is 59.5 Å². The number of sulfone groups is 1. The molecule has 2 aromatic rings. The molecule has 5 rings (SSSR count). The van der Waals surface area contributed by atoms with E-state index in [1.165, 1.54) is 14.2 Å². The van der Waals surface area contributed by atoms with Crippen molar-refractivity contribution < 1.29 is 22.7 Å². The molecule has 0 saturated carbocycles. The SMILES string of the molecule is COc1ccc2c(c1OC)C1C=CC(Br)(CC1S(=O)(=O)c1ccccc1)C2=O. The summed E-state index contributed by atoms with van der Waals surface area (Å²) in [5.74, 6) is 0.164. The molecule has 0 heterocycles. The Morgan fingerprint density at radius 1 is 1.07 bits per heavy atom. The molecule has 3 aliphatic rings. The van der Waals surface area contributed by atoms with E-state index in [4.69, 9.17) is 9.47 Å². The molecule has 7 heteroatoms. The van der Waals surface area contributed by atoms with E-state index < -0.39 is 25.3 Å². The molecule has 2 aromatic carbocycles. The first-order chi connectivity index (χ1) is 13.3. The Kier molecular flexibility index (Phi) is 4.62. The average Bonchev–Trinajstić information content (AvgIpc) is 2.88. The van der Waals surface area contributed by atoms with Crippen LogP contribution in [0.4, 0.5) is 0 Å². The van der Waals surface area contributed by atoms with Crippen molar-refractivity contribution >= 4 is 31.6 Å². The number of Topliss-reactive ketones (excluding diaryl/α,β-unsaturated/α-hetero) is 1. The van der Waals surface area contributed by atoms with Gasteiger partial charge in [0.2, 0.25) is 0 Å². The Labute approximate surface area is 172 Å². The van der Waals surface area contributed by atoms with Crippen LogP contribution in [0.1, 0.15) is 28.3 Å². The van der Waals surface area contributed by atoms with E-state index in [-0.39, 0.29) is 17.1 Å². The summed E-state index contributed by atoms with van der Waals surface area (Å²) < 4.78 is 36.9. The van der Waals surface area contributed by atoms with Crippen LogP contribution in [0.2, 0.25) is 0 Å². The lowest BCUT2D eigenvalue weighted by atomic mass is 9.87. The van der Waals surface area contributed by atoms with Gasteiger partial charge in [0.05, 0.1) is 24.4 Å². The van der Waals surface area contributed by atoms with Gasteiger partial charge in [-0.2, -0.15) is 0 Å². The number of carbonyl (C=O) groups excluding carboxylic acids is 1. The second-order valence-electron chi connectivity index (χ2n) is 6.94. The third kappa shape index (κ3) is 2.71. The van der Waals surface area contributed by atoms with E-state index >= 15 is 0 Å². The van der Waals surface area contributed by atoms with E-state index in [1.807, 2.05) is 0 Å². The van der Waals surface area contributed by atoms with E-state index in [2.05, 4.69) is 15.9 Å². The molecule has 0 saturated heterocycles. The predicted molar refractivity (Wildman–Crippen MR) is 109 cm³/mol. The summed E-state index contributed by atoms with van der Waals surface area (Å²) in [5, 5.41) is -0.814. The molecule has 3 aliphatic carbocycles. The second-order valence-corrected chi connectivity index (χ2v) is 10.5. The second kappa shape index (κ2) is 6.74. The highest BCUT2D eigenvalue weighted by molar-refractivity contribution is 9.10. The number of rotatable bonds is 4. The van der Waals surface area contributed by atoms with Crippen molar-refractivity contribution in [3.63, 3.8) is 0 Å². The molecule has 0 N–H and O–H groups in total. The maximum absolute atomic E-state index is 13.5. The first-order valence-corrected chi connectivity index (χ1v) is 11.1. The Bertz CT molecular complexity index is 1080. The summed E-state index contributed by atoms with van der Waals surface area (Å²) >= 11 is 3.53. The minimum atomic E-state index is -3.69. The molecular formula is C21H19BrO5S. The van der Waals surface area contributed by atoms with Gasteiger partial charge >= 0.3 is 0 Å². The number of ketones is 1. The topological polar surface area (TPSA) is 69.7 Å². The lowest BCUT2D eigenvalue weighted by Crippen LogP contribution is -2.39. The molecule has 5 nitrogen and oxygen atoms in total. The maximum atomic E-state index is 13.5. The van der Waals surface area contributed by atoms with Crippen LogP contribution >= 0.6 is 15.9 Å². The fourth-order valence-electron chi connectivity index (χ4n) is 4.11. The average molecular weight is 463 g/mol. The number of benzene rings is 2. The van der Waals surface area contributed by atoms with E-state index in [1.54, 1.807) is 54.6 Å².